The Balaban J connectivity index is 1.49. The summed E-state index contributed by atoms with van der Waals surface area (Å²) in [5.41, 5.74) is 5.77. The second-order valence-electron chi connectivity index (χ2n) is 6.95. The Labute approximate surface area is 157 Å². The highest BCUT2D eigenvalue weighted by Gasteiger charge is 2.23. The van der Waals surface area contributed by atoms with E-state index in [9.17, 15) is 0 Å². The predicted molar refractivity (Wildman–Crippen MR) is 104 cm³/mol. The van der Waals surface area contributed by atoms with Crippen LogP contribution in [0.5, 0.6) is 0 Å². The maximum atomic E-state index is 4.91. The lowest BCUT2D eigenvalue weighted by atomic mass is 10.2. The van der Waals surface area contributed by atoms with Crippen molar-refractivity contribution in [3.63, 3.8) is 0 Å². The fraction of sp³-hybridized carbons (Fsp3) is 0.300. The summed E-state index contributed by atoms with van der Waals surface area (Å²) in [4.78, 5) is 9.06. The number of nitrogens with zero attached hydrogens (tertiary/aromatic N) is 6. The van der Waals surface area contributed by atoms with Gasteiger partial charge in [0.15, 0.2) is 5.65 Å². The Morgan fingerprint density at radius 2 is 1.96 bits per heavy atom. The molecule has 4 aromatic rings. The highest BCUT2D eigenvalue weighted by Crippen LogP contribution is 2.28. The number of nitrogens with one attached hydrogen (secondary N) is 1. The zero-order valence-corrected chi connectivity index (χ0v) is 15.5. The van der Waals surface area contributed by atoms with E-state index in [1.54, 1.807) is 4.68 Å². The summed E-state index contributed by atoms with van der Waals surface area (Å²) in [6, 6.07) is 10.4. The van der Waals surface area contributed by atoms with E-state index < -0.39 is 0 Å². The topological polar surface area (TPSA) is 73.5 Å². The molecule has 1 N–H and O–H groups in total. The van der Waals surface area contributed by atoms with Crippen LogP contribution in [0.2, 0.25) is 0 Å². The molecule has 0 radical (unpaired) electrons. The van der Waals surface area contributed by atoms with Gasteiger partial charge < -0.3 is 5.32 Å². The summed E-state index contributed by atoms with van der Waals surface area (Å²) in [5, 5.41) is 13.6. The van der Waals surface area contributed by atoms with E-state index in [1.807, 2.05) is 26.2 Å². The maximum absolute atomic E-state index is 4.91. The molecular formula is C20H21N7. The number of anilines is 1. The van der Waals surface area contributed by atoms with Gasteiger partial charge in [-0.15, -0.1) is 0 Å². The first-order valence-corrected chi connectivity index (χ1v) is 9.26. The van der Waals surface area contributed by atoms with Crippen molar-refractivity contribution in [3.05, 3.63) is 59.3 Å². The Hall–Kier alpha value is -3.22. The van der Waals surface area contributed by atoms with E-state index in [1.165, 1.54) is 17.7 Å². The Morgan fingerprint density at radius 1 is 1.11 bits per heavy atom. The lowest BCUT2D eigenvalue weighted by molar-refractivity contribution is 0.763. The molecule has 1 aliphatic carbocycles. The first-order valence-electron chi connectivity index (χ1n) is 9.26. The van der Waals surface area contributed by atoms with Crippen molar-refractivity contribution in [1.29, 1.82) is 0 Å². The molecule has 0 unspecified atom stereocenters. The van der Waals surface area contributed by atoms with Crippen LogP contribution < -0.4 is 5.32 Å². The van der Waals surface area contributed by atoms with E-state index in [2.05, 4.69) is 49.3 Å². The number of hydrogen-bond acceptors (Lipinski definition) is 5. The average Bonchev–Trinajstić information content (AvgIpc) is 3.37. The zero-order chi connectivity index (χ0) is 18.4. The number of hydrogen-bond donors (Lipinski definition) is 1. The number of para-hydroxylation sites is 1. The van der Waals surface area contributed by atoms with Gasteiger partial charge in [0, 0.05) is 12.7 Å². The highest BCUT2D eigenvalue weighted by atomic mass is 15.3. The molecule has 0 bridgehead atoms. The van der Waals surface area contributed by atoms with Crippen LogP contribution in [0.25, 0.3) is 16.7 Å². The maximum Gasteiger partial charge on any atom is 0.163 e. The van der Waals surface area contributed by atoms with Gasteiger partial charge in [-0.05, 0) is 43.9 Å². The molecule has 0 saturated carbocycles. The summed E-state index contributed by atoms with van der Waals surface area (Å²) < 4.78 is 3.88. The molecule has 0 fully saturated rings. The van der Waals surface area contributed by atoms with E-state index in [0.717, 1.165) is 46.9 Å². The van der Waals surface area contributed by atoms with Crippen molar-refractivity contribution >= 4 is 16.9 Å². The van der Waals surface area contributed by atoms with E-state index in [0.29, 0.717) is 6.54 Å². The lowest BCUT2D eigenvalue weighted by Gasteiger charge is -2.07. The molecule has 1 aliphatic rings. The SMILES string of the molecule is Cc1nc(NCc2nn(-c3ccccc3)c3c2CCC3)c2cnn(C)c2n1. The summed E-state index contributed by atoms with van der Waals surface area (Å²) >= 11 is 0. The molecule has 7 heteroatoms. The van der Waals surface area contributed by atoms with Crippen LogP contribution in [-0.2, 0) is 26.4 Å². The third kappa shape index (κ3) is 2.66. The molecule has 3 heterocycles. The van der Waals surface area contributed by atoms with Crippen molar-refractivity contribution < 1.29 is 0 Å². The van der Waals surface area contributed by atoms with Crippen LogP contribution in [0.4, 0.5) is 5.82 Å². The van der Waals surface area contributed by atoms with Crippen LogP contribution in [0.1, 0.15) is 29.2 Å². The van der Waals surface area contributed by atoms with E-state index in [-0.39, 0.29) is 0 Å². The Morgan fingerprint density at radius 3 is 2.81 bits per heavy atom. The van der Waals surface area contributed by atoms with Gasteiger partial charge >= 0.3 is 0 Å². The molecule has 3 aromatic heterocycles. The van der Waals surface area contributed by atoms with Crippen LogP contribution >= 0.6 is 0 Å². The van der Waals surface area contributed by atoms with Crippen molar-refractivity contribution in [3.8, 4) is 5.69 Å². The molecule has 0 amide bonds. The summed E-state index contributed by atoms with van der Waals surface area (Å²) in [6.45, 7) is 2.54. The quantitative estimate of drug-likeness (QED) is 0.606. The molecule has 7 nitrogen and oxygen atoms in total. The van der Waals surface area contributed by atoms with Gasteiger partial charge in [0.2, 0.25) is 0 Å². The summed E-state index contributed by atoms with van der Waals surface area (Å²) in [7, 11) is 1.90. The number of rotatable bonds is 4. The number of fused-ring (bicyclic) bond motifs is 2. The Bertz CT molecular complexity index is 1120. The standard InChI is InChI=1S/C20H21N7/c1-13-23-19(16-11-22-26(2)20(16)24-13)21-12-17-15-9-6-10-18(15)27(25-17)14-7-4-3-5-8-14/h3-5,7-8,11H,6,9-10,12H2,1-2H3,(H,21,23,24). The van der Waals surface area contributed by atoms with Gasteiger partial charge in [-0.2, -0.15) is 10.2 Å². The van der Waals surface area contributed by atoms with E-state index >= 15 is 0 Å². The van der Waals surface area contributed by atoms with Gasteiger partial charge in [-0.25, -0.2) is 14.6 Å². The third-order valence-electron chi connectivity index (χ3n) is 5.14. The van der Waals surface area contributed by atoms with Gasteiger partial charge in [0.25, 0.3) is 0 Å². The normalized spacial score (nSPS) is 13.3. The lowest BCUT2D eigenvalue weighted by Crippen LogP contribution is -2.07. The minimum atomic E-state index is 0.641. The first kappa shape index (κ1) is 16.0. The second-order valence-corrected chi connectivity index (χ2v) is 6.95. The summed E-state index contributed by atoms with van der Waals surface area (Å²) in [6.07, 6.45) is 5.16. The van der Waals surface area contributed by atoms with Crippen LogP contribution in [0, 0.1) is 6.92 Å². The molecular weight excluding hydrogens is 338 g/mol. The minimum Gasteiger partial charge on any atom is -0.364 e. The Kier molecular flexibility index (Phi) is 3.67. The van der Waals surface area contributed by atoms with Crippen molar-refractivity contribution in [2.75, 3.05) is 5.32 Å². The minimum absolute atomic E-state index is 0.641. The smallest absolute Gasteiger partial charge is 0.163 e. The summed E-state index contributed by atoms with van der Waals surface area (Å²) in [5.74, 6) is 1.54. The largest absolute Gasteiger partial charge is 0.364 e. The number of aromatic nitrogens is 6. The van der Waals surface area contributed by atoms with E-state index in [4.69, 9.17) is 5.10 Å². The molecule has 0 spiro atoms. The fourth-order valence-electron chi connectivity index (χ4n) is 3.87. The van der Waals surface area contributed by atoms with Crippen molar-refractivity contribution in [1.82, 2.24) is 29.5 Å². The number of aryl methyl sites for hydroxylation is 2. The predicted octanol–water partition coefficient (Wildman–Crippen LogP) is 2.96. The van der Waals surface area contributed by atoms with Crippen LogP contribution in [0.15, 0.2) is 36.5 Å². The molecule has 5 rings (SSSR count). The van der Waals surface area contributed by atoms with Crippen molar-refractivity contribution in [2.24, 2.45) is 7.05 Å². The molecule has 0 atom stereocenters. The molecule has 0 saturated heterocycles. The van der Waals surface area contributed by atoms with Crippen molar-refractivity contribution in [2.45, 2.75) is 32.7 Å². The van der Waals surface area contributed by atoms with Gasteiger partial charge in [0.1, 0.15) is 11.6 Å². The molecule has 0 aliphatic heterocycles. The average molecular weight is 359 g/mol. The first-order chi connectivity index (χ1) is 13.2. The molecule has 27 heavy (non-hydrogen) atoms. The van der Waals surface area contributed by atoms with Gasteiger partial charge in [-0.1, -0.05) is 18.2 Å². The number of benzene rings is 1. The molecule has 136 valence electrons. The van der Waals surface area contributed by atoms with Crippen LogP contribution in [0.3, 0.4) is 0 Å². The fourth-order valence-corrected chi connectivity index (χ4v) is 3.87. The van der Waals surface area contributed by atoms with Crippen LogP contribution in [-0.4, -0.2) is 29.5 Å². The molecule has 1 aromatic carbocycles. The monoisotopic (exact) mass is 359 g/mol. The zero-order valence-electron chi connectivity index (χ0n) is 15.5. The second kappa shape index (κ2) is 6.19. The highest BCUT2D eigenvalue weighted by molar-refractivity contribution is 5.86. The van der Waals surface area contributed by atoms with Gasteiger partial charge in [-0.3, -0.25) is 4.68 Å². The van der Waals surface area contributed by atoms with Gasteiger partial charge in [0.05, 0.1) is 29.5 Å². The third-order valence-corrected chi connectivity index (χ3v) is 5.14.